The van der Waals surface area contributed by atoms with Crippen LogP contribution in [-0.2, 0) is 4.74 Å². The maximum atomic E-state index is 8.82. The molecule has 2 heterocycles. The molecular weight excluding hydrogens is 214 g/mol. The normalized spacial score (nSPS) is 16.8. The van der Waals surface area contributed by atoms with Gasteiger partial charge < -0.3 is 9.64 Å². The lowest BCUT2D eigenvalue weighted by atomic mass is 10.1. The summed E-state index contributed by atoms with van der Waals surface area (Å²) in [7, 11) is 0. The van der Waals surface area contributed by atoms with E-state index in [1.54, 1.807) is 6.20 Å². The summed E-state index contributed by atoms with van der Waals surface area (Å²) in [5, 5.41) is 8.82. The van der Waals surface area contributed by atoms with Gasteiger partial charge in [-0.1, -0.05) is 0 Å². The highest BCUT2D eigenvalue weighted by molar-refractivity contribution is 5.49. The van der Waals surface area contributed by atoms with Crippen molar-refractivity contribution in [1.29, 1.82) is 5.26 Å². The van der Waals surface area contributed by atoms with E-state index in [9.17, 15) is 0 Å². The van der Waals surface area contributed by atoms with Crippen LogP contribution in [0, 0.1) is 11.3 Å². The van der Waals surface area contributed by atoms with E-state index in [2.05, 4.69) is 16.0 Å². The van der Waals surface area contributed by atoms with Crippen LogP contribution in [0.2, 0.25) is 0 Å². The lowest BCUT2D eigenvalue weighted by Crippen LogP contribution is -2.37. The molecule has 1 aromatic rings. The maximum Gasteiger partial charge on any atom is 0.142 e. The first kappa shape index (κ1) is 11.9. The standard InChI is InChI=1S/C13H17N3O/c1-2-17-13-4-7-16(8-5-13)12-3-6-15-11(9-12)10-14/h3,6,9,13H,2,4-5,7-8H2,1H3. The Kier molecular flexibility index (Phi) is 3.94. The third-order valence-electron chi connectivity index (χ3n) is 3.07. The summed E-state index contributed by atoms with van der Waals surface area (Å²) >= 11 is 0. The SMILES string of the molecule is CCOC1CCN(c2ccnc(C#N)c2)CC1. The quantitative estimate of drug-likeness (QED) is 0.798. The van der Waals surface area contributed by atoms with E-state index < -0.39 is 0 Å². The molecule has 1 aliphatic heterocycles. The summed E-state index contributed by atoms with van der Waals surface area (Å²) in [6, 6.07) is 5.88. The molecule has 17 heavy (non-hydrogen) atoms. The molecule has 0 amide bonds. The van der Waals surface area contributed by atoms with Crippen molar-refractivity contribution >= 4 is 5.69 Å². The van der Waals surface area contributed by atoms with Crippen molar-refractivity contribution < 1.29 is 4.74 Å². The summed E-state index contributed by atoms with van der Waals surface area (Å²) in [5.41, 5.74) is 1.57. The molecular formula is C13H17N3O. The molecule has 0 spiro atoms. The molecule has 0 unspecified atom stereocenters. The van der Waals surface area contributed by atoms with Gasteiger partial charge in [0.15, 0.2) is 0 Å². The highest BCUT2D eigenvalue weighted by atomic mass is 16.5. The van der Waals surface area contributed by atoms with E-state index >= 15 is 0 Å². The minimum atomic E-state index is 0.397. The number of nitrogens with zero attached hydrogens (tertiary/aromatic N) is 3. The van der Waals surface area contributed by atoms with Crippen LogP contribution in [0.5, 0.6) is 0 Å². The van der Waals surface area contributed by atoms with E-state index in [1.807, 2.05) is 19.1 Å². The van der Waals surface area contributed by atoms with Gasteiger partial charge in [-0.15, -0.1) is 0 Å². The fraction of sp³-hybridized carbons (Fsp3) is 0.538. The van der Waals surface area contributed by atoms with Crippen molar-refractivity contribution in [3.63, 3.8) is 0 Å². The molecule has 0 radical (unpaired) electrons. The van der Waals surface area contributed by atoms with Gasteiger partial charge in [-0.3, -0.25) is 0 Å². The second-order valence-electron chi connectivity index (χ2n) is 4.15. The van der Waals surface area contributed by atoms with Gasteiger partial charge in [0, 0.05) is 31.6 Å². The monoisotopic (exact) mass is 231 g/mol. The Bertz CT molecular complexity index is 405. The number of ether oxygens (including phenoxy) is 1. The second-order valence-corrected chi connectivity index (χ2v) is 4.15. The molecule has 4 nitrogen and oxygen atoms in total. The molecule has 0 aliphatic carbocycles. The van der Waals surface area contributed by atoms with Gasteiger partial charge in [-0.25, -0.2) is 4.98 Å². The topological polar surface area (TPSA) is 49.1 Å². The fourth-order valence-electron chi connectivity index (χ4n) is 2.19. The van der Waals surface area contributed by atoms with Gasteiger partial charge in [0.2, 0.25) is 0 Å². The van der Waals surface area contributed by atoms with E-state index in [1.165, 1.54) is 0 Å². The van der Waals surface area contributed by atoms with E-state index in [-0.39, 0.29) is 0 Å². The Balaban J connectivity index is 1.98. The zero-order valence-electron chi connectivity index (χ0n) is 10.1. The van der Waals surface area contributed by atoms with Gasteiger partial charge >= 0.3 is 0 Å². The Morgan fingerprint density at radius 2 is 2.29 bits per heavy atom. The van der Waals surface area contributed by atoms with Crippen molar-refractivity contribution in [1.82, 2.24) is 4.98 Å². The molecule has 1 fully saturated rings. The largest absolute Gasteiger partial charge is 0.378 e. The van der Waals surface area contributed by atoms with Crippen molar-refractivity contribution in [3.05, 3.63) is 24.0 Å². The minimum absolute atomic E-state index is 0.397. The molecule has 4 heteroatoms. The predicted molar refractivity (Wildman–Crippen MR) is 65.8 cm³/mol. The number of anilines is 1. The number of hydrogen-bond acceptors (Lipinski definition) is 4. The number of piperidine rings is 1. The van der Waals surface area contributed by atoms with Gasteiger partial charge in [-0.05, 0) is 31.9 Å². The van der Waals surface area contributed by atoms with Crippen LogP contribution in [-0.4, -0.2) is 30.8 Å². The maximum absolute atomic E-state index is 8.82. The number of hydrogen-bond donors (Lipinski definition) is 0. The number of rotatable bonds is 3. The third-order valence-corrected chi connectivity index (χ3v) is 3.07. The van der Waals surface area contributed by atoms with Crippen molar-refractivity contribution in [2.24, 2.45) is 0 Å². The zero-order chi connectivity index (χ0) is 12.1. The van der Waals surface area contributed by atoms with Crippen LogP contribution in [0.1, 0.15) is 25.5 Å². The van der Waals surface area contributed by atoms with Crippen LogP contribution in [0.25, 0.3) is 0 Å². The Labute approximate surface area is 102 Å². The first-order valence-electron chi connectivity index (χ1n) is 6.06. The van der Waals surface area contributed by atoms with E-state index in [4.69, 9.17) is 10.00 Å². The zero-order valence-corrected chi connectivity index (χ0v) is 10.1. The molecule has 1 aliphatic rings. The molecule has 1 aromatic heterocycles. The fourth-order valence-corrected chi connectivity index (χ4v) is 2.19. The second kappa shape index (κ2) is 5.65. The number of nitriles is 1. The van der Waals surface area contributed by atoms with Gasteiger partial charge in [0.25, 0.3) is 0 Å². The Morgan fingerprint density at radius 1 is 1.53 bits per heavy atom. The molecule has 0 aromatic carbocycles. The van der Waals surface area contributed by atoms with Gasteiger partial charge in [-0.2, -0.15) is 5.26 Å². The van der Waals surface area contributed by atoms with Crippen LogP contribution >= 0.6 is 0 Å². The summed E-state index contributed by atoms with van der Waals surface area (Å²) in [6.45, 7) is 4.80. The molecule has 2 rings (SSSR count). The molecule has 0 saturated carbocycles. The molecule has 0 N–H and O–H groups in total. The average molecular weight is 231 g/mol. The Morgan fingerprint density at radius 3 is 2.94 bits per heavy atom. The smallest absolute Gasteiger partial charge is 0.142 e. The molecule has 0 bridgehead atoms. The number of aromatic nitrogens is 1. The van der Waals surface area contributed by atoms with Crippen LogP contribution in [0.4, 0.5) is 5.69 Å². The molecule has 0 atom stereocenters. The lowest BCUT2D eigenvalue weighted by molar-refractivity contribution is 0.0459. The highest BCUT2D eigenvalue weighted by Gasteiger charge is 2.19. The summed E-state index contributed by atoms with van der Waals surface area (Å²) in [4.78, 5) is 6.27. The van der Waals surface area contributed by atoms with Crippen LogP contribution in [0.15, 0.2) is 18.3 Å². The van der Waals surface area contributed by atoms with Crippen molar-refractivity contribution in [2.75, 3.05) is 24.6 Å². The lowest BCUT2D eigenvalue weighted by Gasteiger charge is -2.33. The van der Waals surface area contributed by atoms with Crippen molar-refractivity contribution in [3.8, 4) is 6.07 Å². The highest BCUT2D eigenvalue weighted by Crippen LogP contribution is 2.21. The van der Waals surface area contributed by atoms with E-state index in [0.717, 1.165) is 38.2 Å². The summed E-state index contributed by atoms with van der Waals surface area (Å²) < 4.78 is 5.62. The third kappa shape index (κ3) is 2.95. The summed E-state index contributed by atoms with van der Waals surface area (Å²) in [5.74, 6) is 0. The van der Waals surface area contributed by atoms with Gasteiger partial charge in [0.05, 0.1) is 6.10 Å². The predicted octanol–water partition coefficient (Wildman–Crippen LogP) is 1.96. The summed E-state index contributed by atoms with van der Waals surface area (Å²) in [6.07, 6.45) is 4.20. The number of pyridine rings is 1. The first-order chi connectivity index (χ1) is 8.33. The van der Waals surface area contributed by atoms with Crippen molar-refractivity contribution in [2.45, 2.75) is 25.9 Å². The Hall–Kier alpha value is -1.60. The van der Waals surface area contributed by atoms with Crippen LogP contribution in [0.3, 0.4) is 0 Å². The van der Waals surface area contributed by atoms with Crippen LogP contribution < -0.4 is 4.90 Å². The average Bonchev–Trinajstić information content (AvgIpc) is 2.40. The first-order valence-corrected chi connectivity index (χ1v) is 6.06. The van der Waals surface area contributed by atoms with E-state index in [0.29, 0.717) is 11.8 Å². The molecule has 1 saturated heterocycles. The molecule has 90 valence electrons. The van der Waals surface area contributed by atoms with Gasteiger partial charge in [0.1, 0.15) is 11.8 Å². The minimum Gasteiger partial charge on any atom is -0.378 e.